The molecule has 0 spiro atoms. The zero-order valence-corrected chi connectivity index (χ0v) is 11.8. The fourth-order valence-electron chi connectivity index (χ4n) is 2.55. The number of halogens is 2. The first-order chi connectivity index (χ1) is 10.0. The Morgan fingerprint density at radius 1 is 1.29 bits per heavy atom. The van der Waals surface area contributed by atoms with E-state index >= 15 is 0 Å². The predicted molar refractivity (Wildman–Crippen MR) is 73.7 cm³/mol. The molecule has 1 aromatic carbocycles. The summed E-state index contributed by atoms with van der Waals surface area (Å²) in [6.45, 7) is 3.74. The van der Waals surface area contributed by atoms with E-state index in [1.165, 1.54) is 4.90 Å². The van der Waals surface area contributed by atoms with Crippen molar-refractivity contribution in [1.82, 2.24) is 9.80 Å². The van der Waals surface area contributed by atoms with E-state index in [1.807, 2.05) is 25.1 Å². The molecular weight excluding hydrogens is 276 g/mol. The number of nitrogens with zero attached hydrogens (tertiary/aromatic N) is 3. The Bertz CT molecular complexity index is 548. The highest BCUT2D eigenvalue weighted by Gasteiger charge is 2.28. The van der Waals surface area contributed by atoms with Gasteiger partial charge in [0.2, 0.25) is 0 Å². The van der Waals surface area contributed by atoms with Crippen LogP contribution in [0.2, 0.25) is 0 Å². The number of benzene rings is 1. The predicted octanol–water partition coefficient (Wildman–Crippen LogP) is 2.03. The van der Waals surface area contributed by atoms with Crippen molar-refractivity contribution in [2.24, 2.45) is 0 Å². The van der Waals surface area contributed by atoms with Gasteiger partial charge in [-0.1, -0.05) is 12.1 Å². The summed E-state index contributed by atoms with van der Waals surface area (Å²) < 4.78 is 24.8. The molecule has 1 aromatic rings. The fourth-order valence-corrected chi connectivity index (χ4v) is 2.55. The van der Waals surface area contributed by atoms with Crippen LogP contribution >= 0.6 is 0 Å². The molecule has 1 aliphatic rings. The number of nitriles is 1. The van der Waals surface area contributed by atoms with E-state index in [4.69, 9.17) is 5.26 Å². The second-order valence-corrected chi connectivity index (χ2v) is 5.08. The topological polar surface area (TPSA) is 47.3 Å². The van der Waals surface area contributed by atoms with Crippen LogP contribution in [0.25, 0.3) is 0 Å². The summed E-state index contributed by atoms with van der Waals surface area (Å²) in [6, 6.07) is 9.55. The largest absolute Gasteiger partial charge is 0.335 e. The van der Waals surface area contributed by atoms with Crippen LogP contribution in [0, 0.1) is 11.3 Å². The Labute approximate surface area is 122 Å². The van der Waals surface area contributed by atoms with Gasteiger partial charge in [0.15, 0.2) is 0 Å². The third-order valence-electron chi connectivity index (χ3n) is 3.86. The number of carbonyl (C=O) groups is 1. The van der Waals surface area contributed by atoms with E-state index in [1.54, 1.807) is 6.07 Å². The van der Waals surface area contributed by atoms with Gasteiger partial charge in [-0.2, -0.15) is 14.0 Å². The molecule has 1 heterocycles. The minimum absolute atomic E-state index is 0.0853. The first-order valence-electron chi connectivity index (χ1n) is 6.84. The summed E-state index contributed by atoms with van der Waals surface area (Å²) in [5, 5.41) is 8.92. The maximum Gasteiger partial charge on any atom is 0.315 e. The highest BCUT2D eigenvalue weighted by molar-refractivity contribution is 5.79. The average molecular weight is 293 g/mol. The molecule has 1 atom stereocenters. The van der Waals surface area contributed by atoms with Crippen molar-refractivity contribution in [3.63, 3.8) is 0 Å². The molecule has 1 saturated heterocycles. The van der Waals surface area contributed by atoms with Crippen LogP contribution in [0.15, 0.2) is 24.3 Å². The molecule has 0 N–H and O–H groups in total. The monoisotopic (exact) mass is 293 g/mol. The van der Waals surface area contributed by atoms with Crippen molar-refractivity contribution in [2.75, 3.05) is 26.2 Å². The lowest BCUT2D eigenvalue weighted by atomic mass is 10.0. The number of rotatable bonds is 3. The summed E-state index contributed by atoms with van der Waals surface area (Å²) >= 11 is 0. The molecule has 0 aliphatic carbocycles. The smallest absolute Gasteiger partial charge is 0.315 e. The Kier molecular flexibility index (Phi) is 4.86. The number of carbonyl (C=O) groups excluding carboxylic acids is 1. The van der Waals surface area contributed by atoms with E-state index in [0.717, 1.165) is 5.56 Å². The SMILES string of the molecule is C[C@@H](c1cccc(C#N)c1)N1CCN(C(=O)C(F)F)CC1. The number of alkyl halides is 2. The van der Waals surface area contributed by atoms with Crippen LogP contribution in [0.5, 0.6) is 0 Å². The molecule has 0 radical (unpaired) electrons. The molecule has 4 nitrogen and oxygen atoms in total. The van der Waals surface area contributed by atoms with Gasteiger partial charge in [0.25, 0.3) is 5.91 Å². The van der Waals surface area contributed by atoms with Gasteiger partial charge in [0, 0.05) is 32.2 Å². The average Bonchev–Trinajstić information content (AvgIpc) is 2.53. The van der Waals surface area contributed by atoms with E-state index in [2.05, 4.69) is 11.0 Å². The van der Waals surface area contributed by atoms with Gasteiger partial charge in [-0.15, -0.1) is 0 Å². The Balaban J connectivity index is 1.98. The highest BCUT2D eigenvalue weighted by atomic mass is 19.3. The number of hydrogen-bond acceptors (Lipinski definition) is 3. The normalized spacial score (nSPS) is 17.6. The zero-order chi connectivity index (χ0) is 15.4. The van der Waals surface area contributed by atoms with Gasteiger partial charge in [0.1, 0.15) is 0 Å². The summed E-state index contributed by atoms with van der Waals surface area (Å²) in [7, 11) is 0. The molecule has 0 saturated carbocycles. The number of amides is 1. The van der Waals surface area contributed by atoms with Gasteiger partial charge < -0.3 is 4.90 Å². The van der Waals surface area contributed by atoms with Crippen LogP contribution in [-0.2, 0) is 4.79 Å². The molecule has 2 rings (SSSR count). The van der Waals surface area contributed by atoms with Crippen molar-refractivity contribution in [1.29, 1.82) is 5.26 Å². The lowest BCUT2D eigenvalue weighted by molar-refractivity contribution is -0.144. The van der Waals surface area contributed by atoms with Crippen molar-refractivity contribution in [3.8, 4) is 6.07 Å². The Morgan fingerprint density at radius 3 is 2.52 bits per heavy atom. The van der Waals surface area contributed by atoms with Crippen LogP contribution in [0.4, 0.5) is 8.78 Å². The molecule has 6 heteroatoms. The van der Waals surface area contributed by atoms with Crippen molar-refractivity contribution >= 4 is 5.91 Å². The maximum absolute atomic E-state index is 12.4. The van der Waals surface area contributed by atoms with Crippen LogP contribution in [0.1, 0.15) is 24.1 Å². The first-order valence-corrected chi connectivity index (χ1v) is 6.84. The van der Waals surface area contributed by atoms with E-state index < -0.39 is 12.3 Å². The van der Waals surface area contributed by atoms with Crippen LogP contribution in [0.3, 0.4) is 0 Å². The molecule has 0 unspecified atom stereocenters. The summed E-state index contributed by atoms with van der Waals surface area (Å²) in [6.07, 6.45) is -2.93. The molecule has 1 amide bonds. The lowest BCUT2D eigenvalue weighted by Gasteiger charge is -2.38. The molecule has 0 bridgehead atoms. The molecular formula is C15H17F2N3O. The van der Waals surface area contributed by atoms with Crippen molar-refractivity contribution in [2.45, 2.75) is 19.4 Å². The number of hydrogen-bond donors (Lipinski definition) is 0. The summed E-state index contributed by atoms with van der Waals surface area (Å²) in [5.74, 6) is -1.09. The van der Waals surface area contributed by atoms with Crippen LogP contribution < -0.4 is 0 Å². The molecule has 21 heavy (non-hydrogen) atoms. The second kappa shape index (κ2) is 6.64. The quantitative estimate of drug-likeness (QED) is 0.856. The van der Waals surface area contributed by atoms with Crippen molar-refractivity contribution in [3.05, 3.63) is 35.4 Å². The minimum Gasteiger partial charge on any atom is -0.335 e. The summed E-state index contributed by atoms with van der Waals surface area (Å²) in [4.78, 5) is 14.6. The third-order valence-corrected chi connectivity index (χ3v) is 3.86. The molecule has 0 aromatic heterocycles. The van der Waals surface area contributed by atoms with Gasteiger partial charge in [-0.3, -0.25) is 9.69 Å². The number of piperazine rings is 1. The standard InChI is InChI=1S/C15H17F2N3O/c1-11(13-4-2-3-12(9-13)10-18)19-5-7-20(8-6-19)15(21)14(16)17/h2-4,9,11,14H,5-8H2,1H3/t11-/m0/s1. The zero-order valence-electron chi connectivity index (χ0n) is 11.8. The lowest BCUT2D eigenvalue weighted by Crippen LogP contribution is -2.50. The van der Waals surface area contributed by atoms with Crippen molar-refractivity contribution < 1.29 is 13.6 Å². The van der Waals surface area contributed by atoms with Gasteiger partial charge in [-0.25, -0.2) is 0 Å². The minimum atomic E-state index is -2.93. The third kappa shape index (κ3) is 3.56. The van der Waals surface area contributed by atoms with Crippen LogP contribution in [-0.4, -0.2) is 48.3 Å². The van der Waals surface area contributed by atoms with Gasteiger partial charge in [-0.05, 0) is 24.6 Å². The highest BCUT2D eigenvalue weighted by Crippen LogP contribution is 2.22. The second-order valence-electron chi connectivity index (χ2n) is 5.08. The Hall–Kier alpha value is -2.00. The molecule has 1 aliphatic heterocycles. The van der Waals surface area contributed by atoms with E-state index in [0.29, 0.717) is 31.7 Å². The molecule has 112 valence electrons. The first kappa shape index (κ1) is 15.4. The summed E-state index contributed by atoms with van der Waals surface area (Å²) in [5.41, 5.74) is 1.62. The van der Waals surface area contributed by atoms with Gasteiger partial charge in [0.05, 0.1) is 11.6 Å². The van der Waals surface area contributed by atoms with E-state index in [9.17, 15) is 13.6 Å². The Morgan fingerprint density at radius 2 is 1.95 bits per heavy atom. The maximum atomic E-state index is 12.4. The molecule has 1 fully saturated rings. The van der Waals surface area contributed by atoms with Gasteiger partial charge >= 0.3 is 6.43 Å². The van der Waals surface area contributed by atoms with E-state index in [-0.39, 0.29) is 6.04 Å². The fraction of sp³-hybridized carbons (Fsp3) is 0.467.